The third-order valence-electron chi connectivity index (χ3n) is 2.80. The molecule has 21 heavy (non-hydrogen) atoms. The highest BCUT2D eigenvalue weighted by atomic mass is 35.5. The van der Waals surface area contributed by atoms with Crippen LogP contribution in [0.3, 0.4) is 0 Å². The van der Waals surface area contributed by atoms with Crippen molar-refractivity contribution in [3.63, 3.8) is 0 Å². The first kappa shape index (κ1) is 15.8. The van der Waals surface area contributed by atoms with E-state index in [0.717, 1.165) is 5.56 Å². The molecule has 0 radical (unpaired) electrons. The first-order valence-corrected chi connectivity index (χ1v) is 7.21. The Balaban J connectivity index is 2.31. The van der Waals surface area contributed by atoms with Crippen LogP contribution in [0, 0.1) is 6.92 Å². The Morgan fingerprint density at radius 3 is 2.48 bits per heavy atom. The number of hydrogen-bond donors (Lipinski definition) is 2. The number of rotatable bonds is 3. The molecule has 3 nitrogen and oxygen atoms in total. The standard InChI is InChI=1S/C15H12Cl2N2OS/c1-8-4-10(6-11(16)5-8)15(20)19-13-7-9(14(18)21)2-3-12(13)17/h2-7H,1H3,(H2,18,21)(H,19,20). The molecule has 0 saturated carbocycles. The third kappa shape index (κ3) is 3.94. The second-order valence-electron chi connectivity index (χ2n) is 4.53. The second-order valence-corrected chi connectivity index (χ2v) is 5.81. The third-order valence-corrected chi connectivity index (χ3v) is 3.59. The van der Waals surface area contributed by atoms with Crippen LogP contribution >= 0.6 is 35.4 Å². The quantitative estimate of drug-likeness (QED) is 0.825. The van der Waals surface area contributed by atoms with Crippen LogP contribution < -0.4 is 11.1 Å². The molecular formula is C15H12Cl2N2OS. The molecule has 6 heteroatoms. The van der Waals surface area contributed by atoms with Gasteiger partial charge in [0.15, 0.2) is 0 Å². The average molecular weight is 339 g/mol. The van der Waals surface area contributed by atoms with Gasteiger partial charge in [0.25, 0.3) is 5.91 Å². The number of carbonyl (C=O) groups excluding carboxylic acids is 1. The lowest BCUT2D eigenvalue weighted by Gasteiger charge is -2.10. The van der Waals surface area contributed by atoms with E-state index in [1.165, 1.54) is 0 Å². The van der Waals surface area contributed by atoms with Crippen LogP contribution in [-0.4, -0.2) is 10.9 Å². The lowest BCUT2D eigenvalue weighted by atomic mass is 10.1. The van der Waals surface area contributed by atoms with Gasteiger partial charge in [-0.3, -0.25) is 4.79 Å². The maximum Gasteiger partial charge on any atom is 0.255 e. The van der Waals surface area contributed by atoms with Gasteiger partial charge in [0.05, 0.1) is 10.7 Å². The molecule has 108 valence electrons. The first-order chi connectivity index (χ1) is 9.86. The fourth-order valence-corrected chi connectivity index (χ4v) is 2.42. The van der Waals surface area contributed by atoms with E-state index in [2.05, 4.69) is 5.32 Å². The summed E-state index contributed by atoms with van der Waals surface area (Å²) in [7, 11) is 0. The molecule has 3 N–H and O–H groups in total. The Labute approximate surface area is 138 Å². The molecule has 0 bridgehead atoms. The van der Waals surface area contributed by atoms with Gasteiger partial charge < -0.3 is 11.1 Å². The molecule has 0 aliphatic carbocycles. The zero-order valence-corrected chi connectivity index (χ0v) is 13.4. The van der Waals surface area contributed by atoms with Crippen LogP contribution in [0.25, 0.3) is 0 Å². The molecule has 2 aromatic rings. The molecule has 0 saturated heterocycles. The van der Waals surface area contributed by atoms with Crippen molar-refractivity contribution in [2.75, 3.05) is 5.32 Å². The predicted molar refractivity (Wildman–Crippen MR) is 91.5 cm³/mol. The number of nitrogens with two attached hydrogens (primary N) is 1. The fraction of sp³-hybridized carbons (Fsp3) is 0.0667. The molecule has 1 amide bonds. The van der Waals surface area contributed by atoms with Crippen LogP contribution in [0.15, 0.2) is 36.4 Å². The molecule has 0 fully saturated rings. The Bertz CT molecular complexity index is 711. The Morgan fingerprint density at radius 2 is 1.86 bits per heavy atom. The minimum Gasteiger partial charge on any atom is -0.389 e. The highest BCUT2D eigenvalue weighted by Gasteiger charge is 2.11. The number of nitrogens with one attached hydrogen (secondary N) is 1. The molecule has 0 unspecified atom stereocenters. The lowest BCUT2D eigenvalue weighted by molar-refractivity contribution is 0.102. The summed E-state index contributed by atoms with van der Waals surface area (Å²) < 4.78 is 0. The maximum absolute atomic E-state index is 12.3. The highest BCUT2D eigenvalue weighted by Crippen LogP contribution is 2.24. The zero-order valence-electron chi connectivity index (χ0n) is 11.1. The van der Waals surface area contributed by atoms with Gasteiger partial charge in [-0.25, -0.2) is 0 Å². The van der Waals surface area contributed by atoms with Gasteiger partial charge in [0, 0.05) is 16.1 Å². The molecule has 0 aliphatic rings. The van der Waals surface area contributed by atoms with Crippen molar-refractivity contribution in [1.29, 1.82) is 0 Å². The molecule has 0 spiro atoms. The smallest absolute Gasteiger partial charge is 0.255 e. The van der Waals surface area contributed by atoms with Crippen molar-refractivity contribution in [3.8, 4) is 0 Å². The SMILES string of the molecule is Cc1cc(Cl)cc(C(=O)Nc2cc(C(N)=S)ccc2Cl)c1. The van der Waals surface area contributed by atoms with E-state index >= 15 is 0 Å². The maximum atomic E-state index is 12.3. The lowest BCUT2D eigenvalue weighted by Crippen LogP contribution is -2.14. The summed E-state index contributed by atoms with van der Waals surface area (Å²) >= 11 is 16.9. The highest BCUT2D eigenvalue weighted by molar-refractivity contribution is 7.80. The van der Waals surface area contributed by atoms with Crippen molar-refractivity contribution in [2.45, 2.75) is 6.92 Å². The summed E-state index contributed by atoms with van der Waals surface area (Å²) in [6.45, 7) is 1.86. The fourth-order valence-electron chi connectivity index (χ4n) is 1.84. The number of hydrogen-bond acceptors (Lipinski definition) is 2. The first-order valence-electron chi connectivity index (χ1n) is 6.04. The largest absolute Gasteiger partial charge is 0.389 e. The van der Waals surface area contributed by atoms with Crippen LogP contribution in [0.1, 0.15) is 21.5 Å². The van der Waals surface area contributed by atoms with Crippen molar-refractivity contribution >= 4 is 52.0 Å². The van der Waals surface area contributed by atoms with Crippen LogP contribution in [0.4, 0.5) is 5.69 Å². The average Bonchev–Trinajstić information content (AvgIpc) is 2.39. The molecule has 2 aromatic carbocycles. The minimum absolute atomic E-state index is 0.237. The Morgan fingerprint density at radius 1 is 1.14 bits per heavy atom. The predicted octanol–water partition coefficient (Wildman–Crippen LogP) is 4.19. The van der Waals surface area contributed by atoms with Crippen molar-refractivity contribution < 1.29 is 4.79 Å². The second kappa shape index (κ2) is 6.43. The monoisotopic (exact) mass is 338 g/mol. The summed E-state index contributed by atoms with van der Waals surface area (Å²) in [4.78, 5) is 12.5. The number of thiocarbonyl (C=S) groups is 1. The number of halogens is 2. The summed E-state index contributed by atoms with van der Waals surface area (Å²) in [5, 5.41) is 3.64. The molecule has 0 heterocycles. The number of aryl methyl sites for hydroxylation is 1. The van der Waals surface area contributed by atoms with Crippen molar-refractivity contribution in [1.82, 2.24) is 0 Å². The summed E-state index contributed by atoms with van der Waals surface area (Å²) in [5.41, 5.74) is 8.01. The number of carbonyl (C=O) groups is 1. The topological polar surface area (TPSA) is 55.1 Å². The number of anilines is 1. The zero-order chi connectivity index (χ0) is 15.6. The minimum atomic E-state index is -0.303. The van der Waals surface area contributed by atoms with Gasteiger partial charge in [0.1, 0.15) is 4.99 Å². The van der Waals surface area contributed by atoms with Gasteiger partial charge in [-0.2, -0.15) is 0 Å². The normalized spacial score (nSPS) is 10.2. The molecule has 0 atom stereocenters. The number of amides is 1. The van der Waals surface area contributed by atoms with Crippen molar-refractivity contribution in [2.24, 2.45) is 5.73 Å². The van der Waals surface area contributed by atoms with E-state index in [-0.39, 0.29) is 10.9 Å². The van der Waals surface area contributed by atoms with E-state index < -0.39 is 0 Å². The summed E-state index contributed by atoms with van der Waals surface area (Å²) in [6.07, 6.45) is 0. The molecule has 0 aliphatic heterocycles. The van der Waals surface area contributed by atoms with E-state index in [1.807, 2.05) is 6.92 Å². The van der Waals surface area contributed by atoms with E-state index in [1.54, 1.807) is 36.4 Å². The van der Waals surface area contributed by atoms with E-state index in [9.17, 15) is 4.79 Å². The van der Waals surface area contributed by atoms with Gasteiger partial charge in [-0.05, 0) is 42.8 Å². The summed E-state index contributed by atoms with van der Waals surface area (Å²) in [5.74, 6) is -0.303. The van der Waals surface area contributed by atoms with Crippen LogP contribution in [-0.2, 0) is 0 Å². The van der Waals surface area contributed by atoms with Gasteiger partial charge >= 0.3 is 0 Å². The van der Waals surface area contributed by atoms with Crippen molar-refractivity contribution in [3.05, 3.63) is 63.1 Å². The summed E-state index contributed by atoms with van der Waals surface area (Å²) in [6, 6.07) is 10.1. The van der Waals surface area contributed by atoms with E-state index in [4.69, 9.17) is 41.2 Å². The van der Waals surface area contributed by atoms with Crippen LogP contribution in [0.5, 0.6) is 0 Å². The Hall–Kier alpha value is -1.62. The van der Waals surface area contributed by atoms with Crippen LogP contribution in [0.2, 0.25) is 10.0 Å². The van der Waals surface area contributed by atoms with E-state index in [0.29, 0.717) is 26.9 Å². The molecule has 0 aromatic heterocycles. The Kier molecular flexibility index (Phi) is 4.83. The van der Waals surface area contributed by atoms with Gasteiger partial charge in [-0.15, -0.1) is 0 Å². The van der Waals surface area contributed by atoms with Gasteiger partial charge in [0.2, 0.25) is 0 Å². The van der Waals surface area contributed by atoms with Gasteiger partial charge in [-0.1, -0.05) is 41.5 Å². The molecular weight excluding hydrogens is 327 g/mol. The number of benzene rings is 2. The molecule has 2 rings (SSSR count).